The number of fused-ring (bicyclic) bond motifs is 3. The molecule has 1 fully saturated rings. The van der Waals surface area contributed by atoms with E-state index in [2.05, 4.69) is 9.97 Å². The van der Waals surface area contributed by atoms with Gasteiger partial charge in [0.25, 0.3) is 5.56 Å². The van der Waals surface area contributed by atoms with Gasteiger partial charge in [-0.25, -0.2) is 4.98 Å². The number of nitrogens with zero attached hydrogens (tertiary/aromatic N) is 2. The van der Waals surface area contributed by atoms with E-state index in [1.165, 1.54) is 0 Å². The van der Waals surface area contributed by atoms with Gasteiger partial charge in [0.1, 0.15) is 11.0 Å². The van der Waals surface area contributed by atoms with Crippen LogP contribution in [0.3, 0.4) is 0 Å². The molecule has 3 aromatic rings. The zero-order valence-electron chi connectivity index (χ0n) is 11.3. The van der Waals surface area contributed by atoms with E-state index in [1.54, 1.807) is 17.0 Å². The molecule has 0 bridgehead atoms. The first-order valence-electron chi connectivity index (χ1n) is 7.00. The van der Waals surface area contributed by atoms with Crippen LogP contribution in [0.4, 0.5) is 0 Å². The molecule has 0 radical (unpaired) electrons. The maximum Gasteiger partial charge on any atom is 0.277 e. The van der Waals surface area contributed by atoms with Gasteiger partial charge in [0.05, 0.1) is 19.0 Å². The first-order valence-corrected chi connectivity index (χ1v) is 7.38. The maximum absolute atomic E-state index is 12.6. The number of aromatic nitrogens is 3. The van der Waals surface area contributed by atoms with Gasteiger partial charge in [0.15, 0.2) is 0 Å². The van der Waals surface area contributed by atoms with Gasteiger partial charge in [-0.15, -0.1) is 0 Å². The first kappa shape index (κ1) is 12.9. The largest absolute Gasteiger partial charge is 0.376 e. The zero-order chi connectivity index (χ0) is 14.4. The molecule has 5 nitrogen and oxygen atoms in total. The van der Waals surface area contributed by atoms with E-state index in [4.69, 9.17) is 16.3 Å². The Kier molecular flexibility index (Phi) is 2.97. The summed E-state index contributed by atoms with van der Waals surface area (Å²) in [6.45, 7) is 1.33. The Labute approximate surface area is 125 Å². The van der Waals surface area contributed by atoms with Crippen LogP contribution >= 0.6 is 11.6 Å². The van der Waals surface area contributed by atoms with Gasteiger partial charge in [0, 0.05) is 22.5 Å². The molecule has 1 atom stereocenters. The minimum Gasteiger partial charge on any atom is -0.376 e. The lowest BCUT2D eigenvalue weighted by Crippen LogP contribution is -2.26. The lowest BCUT2D eigenvalue weighted by molar-refractivity contribution is 0.0960. The second kappa shape index (κ2) is 4.86. The standard InChI is InChI=1S/C15H14ClN3O2/c16-9-3-4-12-11(6-9)13-14(18-12)15(20)19(8-17-13)7-10-2-1-5-21-10/h3-4,6,8,10,18H,1-2,5,7H2/t10-/m1/s1. The molecule has 1 aliphatic heterocycles. The first-order chi connectivity index (χ1) is 10.2. The molecule has 1 N–H and O–H groups in total. The third-order valence-corrected chi connectivity index (χ3v) is 4.19. The fourth-order valence-electron chi connectivity index (χ4n) is 2.90. The molecule has 2 aromatic heterocycles. The second-order valence-corrected chi connectivity index (χ2v) is 5.81. The van der Waals surface area contributed by atoms with Crippen molar-refractivity contribution in [2.24, 2.45) is 0 Å². The number of benzene rings is 1. The van der Waals surface area contributed by atoms with Crippen molar-refractivity contribution in [3.05, 3.63) is 39.9 Å². The van der Waals surface area contributed by atoms with Gasteiger partial charge in [-0.1, -0.05) is 11.6 Å². The predicted octanol–water partition coefficient (Wildman–Crippen LogP) is 2.71. The molecule has 108 valence electrons. The number of nitrogens with one attached hydrogen (secondary N) is 1. The van der Waals surface area contributed by atoms with Crippen LogP contribution in [0.5, 0.6) is 0 Å². The minimum atomic E-state index is -0.0668. The highest BCUT2D eigenvalue weighted by atomic mass is 35.5. The second-order valence-electron chi connectivity index (χ2n) is 5.38. The summed E-state index contributed by atoms with van der Waals surface area (Å²) in [6.07, 6.45) is 3.76. The predicted molar refractivity (Wildman–Crippen MR) is 81.8 cm³/mol. The Balaban J connectivity index is 1.86. The summed E-state index contributed by atoms with van der Waals surface area (Å²) in [7, 11) is 0. The highest BCUT2D eigenvalue weighted by molar-refractivity contribution is 6.31. The molecular formula is C15H14ClN3O2. The molecule has 21 heavy (non-hydrogen) atoms. The lowest BCUT2D eigenvalue weighted by Gasteiger charge is -2.10. The van der Waals surface area contributed by atoms with Gasteiger partial charge < -0.3 is 9.72 Å². The molecule has 0 aliphatic carbocycles. The van der Waals surface area contributed by atoms with Crippen LogP contribution in [0.2, 0.25) is 5.02 Å². The van der Waals surface area contributed by atoms with E-state index in [0.29, 0.717) is 22.6 Å². The summed E-state index contributed by atoms with van der Waals surface area (Å²) in [5.41, 5.74) is 1.99. The smallest absolute Gasteiger partial charge is 0.277 e. The number of rotatable bonds is 2. The molecule has 1 aliphatic rings. The molecule has 0 amide bonds. The van der Waals surface area contributed by atoms with E-state index < -0.39 is 0 Å². The fourth-order valence-corrected chi connectivity index (χ4v) is 3.07. The highest BCUT2D eigenvalue weighted by Gasteiger charge is 2.18. The summed E-state index contributed by atoms with van der Waals surface area (Å²) in [6, 6.07) is 5.49. The maximum atomic E-state index is 12.6. The Morgan fingerprint density at radius 1 is 1.48 bits per heavy atom. The average molecular weight is 304 g/mol. The lowest BCUT2D eigenvalue weighted by atomic mass is 10.2. The molecule has 4 rings (SSSR count). The van der Waals surface area contributed by atoms with E-state index in [9.17, 15) is 4.79 Å². The van der Waals surface area contributed by atoms with Crippen LogP contribution in [0.1, 0.15) is 12.8 Å². The van der Waals surface area contributed by atoms with Crippen molar-refractivity contribution in [3.63, 3.8) is 0 Å². The molecule has 3 heterocycles. The summed E-state index contributed by atoms with van der Waals surface area (Å²) >= 11 is 6.02. The van der Waals surface area contributed by atoms with Gasteiger partial charge in [-0.2, -0.15) is 0 Å². The van der Waals surface area contributed by atoms with Crippen molar-refractivity contribution in [3.8, 4) is 0 Å². The fraction of sp³-hybridized carbons (Fsp3) is 0.333. The summed E-state index contributed by atoms with van der Waals surface area (Å²) in [4.78, 5) is 20.1. The van der Waals surface area contributed by atoms with Crippen LogP contribution in [-0.4, -0.2) is 27.2 Å². The third-order valence-electron chi connectivity index (χ3n) is 3.96. The molecule has 1 aromatic carbocycles. The highest BCUT2D eigenvalue weighted by Crippen LogP contribution is 2.24. The molecule has 6 heteroatoms. The van der Waals surface area contributed by atoms with Crippen LogP contribution in [-0.2, 0) is 11.3 Å². The number of aromatic amines is 1. The molecule has 1 saturated heterocycles. The molecule has 0 spiro atoms. The van der Waals surface area contributed by atoms with Crippen LogP contribution in [0.25, 0.3) is 21.9 Å². The minimum absolute atomic E-state index is 0.0668. The SMILES string of the molecule is O=c1c2[nH]c3ccc(Cl)cc3c2ncn1C[C@H]1CCCO1. The third kappa shape index (κ3) is 2.13. The number of hydrogen-bond acceptors (Lipinski definition) is 3. The Bertz CT molecular complexity index is 878. The number of hydrogen-bond donors (Lipinski definition) is 1. The van der Waals surface area contributed by atoms with Gasteiger partial charge in [-0.05, 0) is 31.0 Å². The van der Waals surface area contributed by atoms with E-state index in [1.807, 2.05) is 12.1 Å². The number of ether oxygens (including phenoxy) is 1. The molecular weight excluding hydrogens is 290 g/mol. The zero-order valence-corrected chi connectivity index (χ0v) is 12.1. The van der Waals surface area contributed by atoms with Crippen molar-refractivity contribution in [1.82, 2.24) is 14.5 Å². The quantitative estimate of drug-likeness (QED) is 0.792. The van der Waals surface area contributed by atoms with Crippen LogP contribution in [0.15, 0.2) is 29.3 Å². The van der Waals surface area contributed by atoms with Crippen molar-refractivity contribution in [2.75, 3.05) is 6.61 Å². The normalized spacial score (nSPS) is 18.8. The van der Waals surface area contributed by atoms with Crippen molar-refractivity contribution in [2.45, 2.75) is 25.5 Å². The topological polar surface area (TPSA) is 59.9 Å². The van der Waals surface area contributed by atoms with Crippen molar-refractivity contribution < 1.29 is 4.74 Å². The van der Waals surface area contributed by atoms with Crippen molar-refractivity contribution >= 4 is 33.5 Å². The van der Waals surface area contributed by atoms with Crippen LogP contribution < -0.4 is 5.56 Å². The summed E-state index contributed by atoms with van der Waals surface area (Å²) < 4.78 is 7.20. The van der Waals surface area contributed by atoms with Gasteiger partial charge >= 0.3 is 0 Å². The summed E-state index contributed by atoms with van der Waals surface area (Å²) in [5.74, 6) is 0. The Morgan fingerprint density at radius 2 is 2.38 bits per heavy atom. The van der Waals surface area contributed by atoms with Gasteiger partial charge in [0.2, 0.25) is 0 Å². The van der Waals surface area contributed by atoms with Gasteiger partial charge in [-0.3, -0.25) is 9.36 Å². The van der Waals surface area contributed by atoms with Crippen LogP contribution in [0, 0.1) is 0 Å². The van der Waals surface area contributed by atoms with E-state index in [0.717, 1.165) is 30.4 Å². The summed E-state index contributed by atoms with van der Waals surface area (Å²) in [5, 5.41) is 1.51. The Hall–Kier alpha value is -1.85. The van der Waals surface area contributed by atoms with E-state index in [-0.39, 0.29) is 11.7 Å². The van der Waals surface area contributed by atoms with Crippen molar-refractivity contribution in [1.29, 1.82) is 0 Å². The molecule has 0 saturated carbocycles. The number of halogens is 1. The monoisotopic (exact) mass is 303 g/mol. The Morgan fingerprint density at radius 3 is 3.19 bits per heavy atom. The number of H-pyrrole nitrogens is 1. The average Bonchev–Trinajstić information content (AvgIpc) is 3.09. The van der Waals surface area contributed by atoms with E-state index >= 15 is 0 Å². The molecule has 0 unspecified atom stereocenters.